The number of nitrogens with one attached hydrogen (secondary N) is 2. The number of hydrogen-bond donors (Lipinski definition) is 3. The molecule has 0 fully saturated rings. The molecule has 0 saturated carbocycles. The molecule has 0 radical (unpaired) electrons. The summed E-state index contributed by atoms with van der Waals surface area (Å²) in [5.41, 5.74) is -0.0193. The van der Waals surface area contributed by atoms with Gasteiger partial charge in [-0.1, -0.05) is 12.1 Å². The molecule has 1 aromatic heterocycles. The van der Waals surface area contributed by atoms with Crippen LogP contribution in [0.2, 0.25) is 0 Å². The molecule has 0 bridgehead atoms. The van der Waals surface area contributed by atoms with Crippen LogP contribution in [0, 0.1) is 10.1 Å². The second-order valence-electron chi connectivity index (χ2n) is 5.59. The van der Waals surface area contributed by atoms with E-state index >= 15 is 0 Å². The summed E-state index contributed by atoms with van der Waals surface area (Å²) in [5, 5.41) is 24.4. The number of nitro benzene ring substituents is 1. The van der Waals surface area contributed by atoms with Crippen molar-refractivity contribution in [2.75, 3.05) is 6.54 Å². The molecule has 0 saturated heterocycles. The smallest absolute Gasteiger partial charge is 0.303 e. The first kappa shape index (κ1) is 20.4. The zero-order valence-electron chi connectivity index (χ0n) is 14.6. The van der Waals surface area contributed by atoms with E-state index in [2.05, 4.69) is 10.6 Å². The Balaban J connectivity index is 2.20. The molecule has 0 unspecified atom stereocenters. The largest absolute Gasteiger partial charge is 0.481 e. The van der Waals surface area contributed by atoms with Crippen LogP contribution < -0.4 is 10.6 Å². The first-order chi connectivity index (χ1) is 13.4. The zero-order chi connectivity index (χ0) is 20.5. The van der Waals surface area contributed by atoms with Crippen molar-refractivity contribution in [3.8, 4) is 0 Å². The number of nitrogens with zero attached hydrogens (tertiary/aromatic N) is 1. The summed E-state index contributed by atoms with van der Waals surface area (Å²) >= 11 is 0. The van der Waals surface area contributed by atoms with Crippen molar-refractivity contribution in [2.45, 2.75) is 12.8 Å². The number of benzene rings is 1. The number of carboxylic acid groups (broad SMARTS) is 1. The third-order valence-electron chi connectivity index (χ3n) is 3.48. The van der Waals surface area contributed by atoms with E-state index in [-0.39, 0.29) is 36.5 Å². The Morgan fingerprint density at radius 1 is 1.21 bits per heavy atom. The summed E-state index contributed by atoms with van der Waals surface area (Å²) in [4.78, 5) is 45.5. The first-order valence-electron chi connectivity index (χ1n) is 8.18. The van der Waals surface area contributed by atoms with Crippen molar-refractivity contribution < 1.29 is 28.8 Å². The number of carboxylic acids is 1. The van der Waals surface area contributed by atoms with Crippen molar-refractivity contribution in [3.05, 3.63) is 69.8 Å². The minimum atomic E-state index is -0.993. The van der Waals surface area contributed by atoms with Gasteiger partial charge < -0.3 is 20.2 Å². The van der Waals surface area contributed by atoms with Gasteiger partial charge in [-0.25, -0.2) is 0 Å². The molecule has 0 spiro atoms. The highest BCUT2D eigenvalue weighted by Gasteiger charge is 2.17. The van der Waals surface area contributed by atoms with Gasteiger partial charge in [0, 0.05) is 25.1 Å². The maximum Gasteiger partial charge on any atom is 0.303 e. The Morgan fingerprint density at radius 2 is 2.00 bits per heavy atom. The SMILES string of the molecule is O=C(O)CCCNC(=O)/C(=C\c1cccc([N+](=O)[O-])c1)NC(=O)c1ccco1. The highest BCUT2D eigenvalue weighted by Crippen LogP contribution is 2.15. The molecule has 3 N–H and O–H groups in total. The van der Waals surface area contributed by atoms with Gasteiger partial charge in [-0.3, -0.25) is 24.5 Å². The lowest BCUT2D eigenvalue weighted by Crippen LogP contribution is -2.35. The summed E-state index contributed by atoms with van der Waals surface area (Å²) in [7, 11) is 0. The normalized spacial score (nSPS) is 10.9. The standard InChI is InChI=1S/C18H17N3O7/c22-16(23)7-2-8-19-17(24)14(20-18(25)15-6-3-9-28-15)11-12-4-1-5-13(10-12)21(26)27/h1,3-6,9-11H,2,7-8H2,(H,19,24)(H,20,25)(H,22,23)/b14-11+. The van der Waals surface area contributed by atoms with Gasteiger partial charge in [0.15, 0.2) is 5.76 Å². The predicted molar refractivity (Wildman–Crippen MR) is 97.1 cm³/mol. The summed E-state index contributed by atoms with van der Waals surface area (Å²) in [5.74, 6) is -2.37. The molecule has 10 nitrogen and oxygen atoms in total. The molecular weight excluding hydrogens is 370 g/mol. The van der Waals surface area contributed by atoms with Crippen molar-refractivity contribution >= 4 is 29.5 Å². The Bertz CT molecular complexity index is 904. The van der Waals surface area contributed by atoms with E-state index in [9.17, 15) is 24.5 Å². The quantitative estimate of drug-likeness (QED) is 0.257. The highest BCUT2D eigenvalue weighted by molar-refractivity contribution is 6.04. The van der Waals surface area contributed by atoms with Crippen LogP contribution in [0.5, 0.6) is 0 Å². The molecule has 2 rings (SSSR count). The molecule has 1 heterocycles. The van der Waals surface area contributed by atoms with Crippen LogP contribution in [0.4, 0.5) is 5.69 Å². The minimum Gasteiger partial charge on any atom is -0.481 e. The van der Waals surface area contributed by atoms with E-state index in [0.717, 1.165) is 0 Å². The van der Waals surface area contributed by atoms with Gasteiger partial charge in [0.25, 0.3) is 17.5 Å². The van der Waals surface area contributed by atoms with E-state index in [0.29, 0.717) is 5.56 Å². The van der Waals surface area contributed by atoms with E-state index < -0.39 is 22.7 Å². The van der Waals surface area contributed by atoms with Crippen molar-refractivity contribution in [1.82, 2.24) is 10.6 Å². The minimum absolute atomic E-state index is 0.0244. The number of hydrogen-bond acceptors (Lipinski definition) is 6. The van der Waals surface area contributed by atoms with Gasteiger partial charge in [-0.15, -0.1) is 0 Å². The molecule has 0 aliphatic carbocycles. The van der Waals surface area contributed by atoms with Gasteiger partial charge in [-0.05, 0) is 30.2 Å². The summed E-state index contributed by atoms with van der Waals surface area (Å²) in [6.45, 7) is 0.0774. The summed E-state index contributed by atoms with van der Waals surface area (Å²) in [6.07, 6.45) is 2.66. The van der Waals surface area contributed by atoms with E-state index in [1.54, 1.807) is 0 Å². The zero-order valence-corrected chi connectivity index (χ0v) is 14.6. The van der Waals surface area contributed by atoms with Crippen LogP contribution in [-0.2, 0) is 9.59 Å². The van der Waals surface area contributed by atoms with Gasteiger partial charge >= 0.3 is 5.97 Å². The molecule has 10 heteroatoms. The fourth-order valence-electron chi connectivity index (χ4n) is 2.18. The second kappa shape index (κ2) is 9.67. The van der Waals surface area contributed by atoms with Crippen molar-refractivity contribution in [1.29, 1.82) is 0 Å². The number of non-ortho nitro benzene ring substituents is 1. The molecule has 0 atom stereocenters. The Labute approximate surface area is 159 Å². The highest BCUT2D eigenvalue weighted by atomic mass is 16.6. The van der Waals surface area contributed by atoms with Crippen molar-refractivity contribution in [3.63, 3.8) is 0 Å². The molecular formula is C18H17N3O7. The van der Waals surface area contributed by atoms with Crippen LogP contribution in [0.15, 0.2) is 52.8 Å². The van der Waals surface area contributed by atoms with Gasteiger partial charge in [0.2, 0.25) is 0 Å². The molecule has 0 aliphatic heterocycles. The Hall–Kier alpha value is -3.95. The number of nitro groups is 1. The van der Waals surface area contributed by atoms with Crippen LogP contribution in [-0.4, -0.2) is 34.4 Å². The monoisotopic (exact) mass is 387 g/mol. The van der Waals surface area contributed by atoms with Crippen LogP contribution >= 0.6 is 0 Å². The van der Waals surface area contributed by atoms with E-state index in [1.165, 1.54) is 48.7 Å². The first-order valence-corrected chi connectivity index (χ1v) is 8.18. The summed E-state index contributed by atoms with van der Waals surface area (Å²) < 4.78 is 4.98. The second-order valence-corrected chi connectivity index (χ2v) is 5.59. The lowest BCUT2D eigenvalue weighted by molar-refractivity contribution is -0.384. The van der Waals surface area contributed by atoms with E-state index in [1.807, 2.05) is 0 Å². The number of furan rings is 1. The van der Waals surface area contributed by atoms with Crippen LogP contribution in [0.1, 0.15) is 29.0 Å². The number of carbonyl (C=O) groups is 3. The third-order valence-corrected chi connectivity index (χ3v) is 3.48. The number of rotatable bonds is 9. The Morgan fingerprint density at radius 3 is 2.64 bits per heavy atom. The number of aliphatic carboxylic acids is 1. The lowest BCUT2D eigenvalue weighted by Gasteiger charge is -2.10. The maximum atomic E-state index is 12.4. The third kappa shape index (κ3) is 6.09. The lowest BCUT2D eigenvalue weighted by atomic mass is 10.1. The van der Waals surface area contributed by atoms with Gasteiger partial charge in [0.1, 0.15) is 5.70 Å². The van der Waals surface area contributed by atoms with Gasteiger partial charge in [-0.2, -0.15) is 0 Å². The predicted octanol–water partition coefficient (Wildman–Crippen LogP) is 1.94. The average molecular weight is 387 g/mol. The molecule has 2 aromatic rings. The fraction of sp³-hybridized carbons (Fsp3) is 0.167. The number of carbonyl (C=O) groups excluding carboxylic acids is 2. The topological polar surface area (TPSA) is 152 Å². The Kier molecular flexibility index (Phi) is 7.03. The maximum absolute atomic E-state index is 12.4. The van der Waals surface area contributed by atoms with Crippen LogP contribution in [0.3, 0.4) is 0 Å². The van der Waals surface area contributed by atoms with Crippen molar-refractivity contribution in [2.24, 2.45) is 0 Å². The van der Waals surface area contributed by atoms with E-state index in [4.69, 9.17) is 9.52 Å². The molecule has 28 heavy (non-hydrogen) atoms. The summed E-state index contributed by atoms with van der Waals surface area (Å²) in [6, 6.07) is 8.43. The molecule has 2 amide bonds. The average Bonchev–Trinajstić information content (AvgIpc) is 3.19. The molecule has 1 aromatic carbocycles. The fourth-order valence-corrected chi connectivity index (χ4v) is 2.18. The number of amides is 2. The van der Waals surface area contributed by atoms with Gasteiger partial charge in [0.05, 0.1) is 11.2 Å². The van der Waals surface area contributed by atoms with Crippen LogP contribution in [0.25, 0.3) is 6.08 Å². The molecule has 0 aliphatic rings. The molecule has 146 valence electrons.